The van der Waals surface area contributed by atoms with Gasteiger partial charge in [0.25, 0.3) is 0 Å². The number of nitrogens with one attached hydrogen (secondary N) is 3. The number of hydrogen-bond acceptors (Lipinski definition) is 7. The molecular weight excluding hydrogens is 824 g/mol. The molecule has 2 unspecified atom stereocenters. The number of aromatic amines is 1. The van der Waals surface area contributed by atoms with Crippen LogP contribution in [0.2, 0.25) is 0 Å². The summed E-state index contributed by atoms with van der Waals surface area (Å²) in [6.45, 7) is -0.122. The van der Waals surface area contributed by atoms with E-state index in [1.807, 2.05) is 18.2 Å². The molecule has 0 bridgehead atoms. The van der Waals surface area contributed by atoms with Crippen molar-refractivity contribution in [1.82, 2.24) is 15.6 Å². The van der Waals surface area contributed by atoms with E-state index in [2.05, 4.69) is 36.3 Å². The van der Waals surface area contributed by atoms with E-state index in [1.165, 1.54) is 12.1 Å². The van der Waals surface area contributed by atoms with E-state index < -0.39 is 61.3 Å². The van der Waals surface area contributed by atoms with E-state index in [9.17, 15) is 37.0 Å². The summed E-state index contributed by atoms with van der Waals surface area (Å²) >= 11 is 3.91. The molecule has 0 saturated heterocycles. The largest absolute Gasteiger partial charge is 0.573 e. The molecule has 0 fully saturated rings. The van der Waals surface area contributed by atoms with Gasteiger partial charge in [-0.1, -0.05) is 94.8 Å². The van der Waals surface area contributed by atoms with E-state index in [0.717, 1.165) is 28.7 Å². The quantitative estimate of drug-likeness (QED) is 0.0472. The maximum Gasteiger partial charge on any atom is 0.573 e. The van der Waals surface area contributed by atoms with Crippen molar-refractivity contribution in [1.29, 1.82) is 0 Å². The molecule has 290 valence electrons. The summed E-state index contributed by atoms with van der Waals surface area (Å²) in [7, 11) is -4.58. The number of alkyl halides is 3. The molecule has 0 saturated carbocycles. The van der Waals surface area contributed by atoms with Gasteiger partial charge in [-0.3, -0.25) is 14.2 Å². The van der Waals surface area contributed by atoms with Crippen molar-refractivity contribution in [3.05, 3.63) is 130 Å². The first-order valence-corrected chi connectivity index (χ1v) is 20.5. The lowest BCUT2D eigenvalue weighted by atomic mass is 10.0. The van der Waals surface area contributed by atoms with Crippen LogP contribution in [0.25, 0.3) is 10.9 Å². The molecule has 1 aromatic heterocycles. The minimum Gasteiger partial charge on any atom is -0.445 e. The van der Waals surface area contributed by atoms with Gasteiger partial charge in [0.1, 0.15) is 24.2 Å². The Balaban J connectivity index is 1.42. The Morgan fingerprint density at radius 2 is 1.56 bits per heavy atom. The van der Waals surface area contributed by atoms with Crippen LogP contribution in [0.3, 0.4) is 0 Å². The third kappa shape index (κ3) is 12.4. The van der Waals surface area contributed by atoms with Crippen molar-refractivity contribution in [3.63, 3.8) is 0 Å². The van der Waals surface area contributed by atoms with Crippen molar-refractivity contribution >= 4 is 63.9 Å². The van der Waals surface area contributed by atoms with Gasteiger partial charge in [-0.05, 0) is 41.0 Å². The number of alkyl carbamates (subject to hydrolysis) is 1. The molecule has 11 nitrogen and oxygen atoms in total. The maximum atomic E-state index is 14.4. The second kappa shape index (κ2) is 18.7. The number of halogens is 4. The Morgan fingerprint density at radius 3 is 2.24 bits per heavy atom. The number of hydrogen-bond donors (Lipinski definition) is 5. The lowest BCUT2D eigenvalue weighted by Gasteiger charge is -2.28. The van der Waals surface area contributed by atoms with Crippen LogP contribution in [0, 0.1) is 5.92 Å². The Kier molecular flexibility index (Phi) is 14.1. The lowest BCUT2D eigenvalue weighted by Crippen LogP contribution is -2.49. The first-order valence-electron chi connectivity index (χ1n) is 16.8. The van der Waals surface area contributed by atoms with Crippen LogP contribution in [0.5, 0.6) is 5.75 Å². The number of primary amides is 1. The molecule has 3 amide bonds. The Bertz CT molecular complexity index is 2140. The molecule has 4 atom stereocenters. The average Bonchev–Trinajstić information content (AvgIpc) is 3.55. The molecule has 5 aromatic rings. The Labute approximate surface area is 327 Å². The van der Waals surface area contributed by atoms with E-state index in [0.29, 0.717) is 21.2 Å². The van der Waals surface area contributed by atoms with Gasteiger partial charge in [-0.2, -0.15) is 0 Å². The summed E-state index contributed by atoms with van der Waals surface area (Å²) in [5.74, 6) is -5.47. The van der Waals surface area contributed by atoms with Gasteiger partial charge in [0.15, 0.2) is 0 Å². The molecule has 6 N–H and O–H groups in total. The number of thioether (sulfide) groups is 1. The number of para-hydroxylation sites is 1. The summed E-state index contributed by atoms with van der Waals surface area (Å²) in [6, 6.07) is 27.3. The molecule has 17 heteroatoms. The van der Waals surface area contributed by atoms with Gasteiger partial charge in [-0.15, -0.1) is 24.9 Å². The van der Waals surface area contributed by atoms with E-state index in [-0.39, 0.29) is 30.1 Å². The fourth-order valence-electron chi connectivity index (χ4n) is 5.72. The van der Waals surface area contributed by atoms with Crippen molar-refractivity contribution in [2.45, 2.75) is 42.5 Å². The molecule has 0 aliphatic heterocycles. The summed E-state index contributed by atoms with van der Waals surface area (Å²) < 4.78 is 64.2. The van der Waals surface area contributed by atoms with Gasteiger partial charge in [0.05, 0.1) is 5.92 Å². The summed E-state index contributed by atoms with van der Waals surface area (Å²) in [4.78, 5) is 54.6. The smallest absolute Gasteiger partial charge is 0.445 e. The second-order valence-corrected chi connectivity index (χ2v) is 17.0. The van der Waals surface area contributed by atoms with Gasteiger partial charge in [0.2, 0.25) is 19.2 Å². The molecule has 55 heavy (non-hydrogen) atoms. The van der Waals surface area contributed by atoms with Crippen LogP contribution >= 0.6 is 35.1 Å². The van der Waals surface area contributed by atoms with Gasteiger partial charge in [0, 0.05) is 51.2 Å². The average molecular weight is 862 g/mol. The number of nitrogens with two attached hydrogens (primary N) is 1. The zero-order valence-corrected chi connectivity index (χ0v) is 32.3. The van der Waals surface area contributed by atoms with Crippen LogP contribution in [0.15, 0.2) is 119 Å². The third-order valence-electron chi connectivity index (χ3n) is 8.44. The number of fused-ring (bicyclic) bond motifs is 1. The molecule has 1 heterocycles. The SMILES string of the molecule is NC(=O)[C@H](Cc1c[nH]c2ccccc12)NC(=O)C(CSc1ccc(Br)cc1OC(F)(F)F)CP(=O)(O)[C@H](Cc1ccccc1)NC(=O)OCc1ccccc1. The van der Waals surface area contributed by atoms with Crippen molar-refractivity contribution in [2.24, 2.45) is 11.7 Å². The fourth-order valence-corrected chi connectivity index (χ4v) is 9.27. The van der Waals surface area contributed by atoms with E-state index in [4.69, 9.17) is 10.5 Å². The first kappa shape index (κ1) is 41.4. The number of benzene rings is 4. The highest BCUT2D eigenvalue weighted by atomic mass is 79.9. The molecule has 5 rings (SSSR count). The molecule has 0 aliphatic rings. The zero-order valence-electron chi connectivity index (χ0n) is 29.0. The van der Waals surface area contributed by atoms with E-state index in [1.54, 1.807) is 72.9 Å². The number of aromatic nitrogens is 1. The standard InChI is InChI=1S/C38H37BrF3N4O7PS/c39-28-15-16-33(32(19-28)53-38(40,41)42)55-23-27(36(48)45-31(35(43)47)18-26-20-44-30-14-8-7-13-29(26)30)22-54(50,51)34(17-24-9-3-1-4-10-24)46-37(49)52-21-25-11-5-2-6-12-25/h1-16,19-20,27,31,34,44H,17-18,21-23H2,(H2,43,47)(H,45,48)(H,46,49)(H,50,51)/t27?,31-,34+/m0/s1. The summed E-state index contributed by atoms with van der Waals surface area (Å²) in [5, 5.41) is 5.89. The predicted octanol–water partition coefficient (Wildman–Crippen LogP) is 7.52. The first-order chi connectivity index (χ1) is 26.2. The van der Waals surface area contributed by atoms with Crippen LogP contribution in [0.1, 0.15) is 16.7 Å². The number of H-pyrrole nitrogens is 1. The molecule has 0 spiro atoms. The third-order valence-corrected chi connectivity index (χ3v) is 12.4. The van der Waals surface area contributed by atoms with Gasteiger partial charge in [-0.25, -0.2) is 4.79 Å². The second-order valence-electron chi connectivity index (χ2n) is 12.5. The maximum absolute atomic E-state index is 14.4. The van der Waals surface area contributed by atoms with Crippen LogP contribution < -0.4 is 21.1 Å². The minimum absolute atomic E-state index is 0.0141. The summed E-state index contributed by atoms with van der Waals surface area (Å²) in [6.07, 6.45) is -5.23. The Morgan fingerprint density at radius 1 is 0.909 bits per heavy atom. The zero-order chi connectivity index (χ0) is 39.6. The minimum atomic E-state index is -5.03. The van der Waals surface area contributed by atoms with Crippen LogP contribution in [-0.2, 0) is 38.3 Å². The normalized spacial score (nSPS) is 14.3. The highest BCUT2D eigenvalue weighted by molar-refractivity contribution is 9.10. The molecular formula is C38H37BrF3N4O7PS. The fraction of sp³-hybridized carbons (Fsp3) is 0.237. The van der Waals surface area contributed by atoms with Crippen LogP contribution in [0.4, 0.5) is 18.0 Å². The van der Waals surface area contributed by atoms with Crippen LogP contribution in [-0.4, -0.2) is 57.9 Å². The van der Waals surface area contributed by atoms with Crippen molar-refractivity contribution < 1.29 is 46.5 Å². The monoisotopic (exact) mass is 860 g/mol. The predicted molar refractivity (Wildman–Crippen MR) is 207 cm³/mol. The van der Waals surface area contributed by atoms with Gasteiger partial charge >= 0.3 is 12.5 Å². The van der Waals surface area contributed by atoms with Crippen molar-refractivity contribution in [2.75, 3.05) is 11.9 Å². The highest BCUT2D eigenvalue weighted by Crippen LogP contribution is 2.49. The lowest BCUT2D eigenvalue weighted by molar-refractivity contribution is -0.275. The molecule has 4 aromatic carbocycles. The number of carbonyl (C=O) groups excluding carboxylic acids is 3. The van der Waals surface area contributed by atoms with Crippen molar-refractivity contribution in [3.8, 4) is 5.75 Å². The Hall–Kier alpha value is -4.76. The number of carbonyl (C=O) groups is 3. The highest BCUT2D eigenvalue weighted by Gasteiger charge is 2.39. The number of ether oxygens (including phenoxy) is 2. The summed E-state index contributed by atoms with van der Waals surface area (Å²) in [5.41, 5.74) is 8.46. The van der Waals surface area contributed by atoms with E-state index >= 15 is 0 Å². The number of amides is 3. The number of rotatable bonds is 17. The molecule has 0 radical (unpaired) electrons. The molecule has 0 aliphatic carbocycles. The topological polar surface area (TPSA) is 173 Å². The van der Waals surface area contributed by atoms with Gasteiger partial charge < -0.3 is 35.7 Å².